The number of hydrogen-bond acceptors (Lipinski definition) is 3. The Morgan fingerprint density at radius 2 is 1.86 bits per heavy atom. The summed E-state index contributed by atoms with van der Waals surface area (Å²) in [5.41, 5.74) is -0.309. The van der Waals surface area contributed by atoms with Gasteiger partial charge in [-0.15, -0.1) is 11.3 Å². The number of alkyl halides is 3. The van der Waals surface area contributed by atoms with E-state index < -0.39 is 28.9 Å². The van der Waals surface area contributed by atoms with Crippen LogP contribution in [0.5, 0.6) is 0 Å². The summed E-state index contributed by atoms with van der Waals surface area (Å²) in [5.74, 6) is -1.63. The first-order valence-electron chi connectivity index (χ1n) is 6.04. The van der Waals surface area contributed by atoms with E-state index in [9.17, 15) is 22.0 Å². The SMILES string of the molecule is CCNC(c1cnc(C(F)(F)F)s1)c1c(F)cccc1F. The van der Waals surface area contributed by atoms with Crippen LogP contribution in [0.15, 0.2) is 24.4 Å². The fourth-order valence-electron chi connectivity index (χ4n) is 1.89. The van der Waals surface area contributed by atoms with E-state index >= 15 is 0 Å². The first-order valence-corrected chi connectivity index (χ1v) is 6.86. The van der Waals surface area contributed by atoms with Crippen LogP contribution in [0.3, 0.4) is 0 Å². The number of rotatable bonds is 4. The summed E-state index contributed by atoms with van der Waals surface area (Å²) in [4.78, 5) is 3.39. The molecule has 0 radical (unpaired) electrons. The molecular formula is C13H11F5N2S. The predicted molar refractivity (Wildman–Crippen MR) is 69.0 cm³/mol. The summed E-state index contributed by atoms with van der Waals surface area (Å²) in [6.07, 6.45) is -3.58. The molecule has 1 aromatic carbocycles. The average molecular weight is 322 g/mol. The number of thiazole rings is 1. The molecule has 0 aliphatic heterocycles. The fraction of sp³-hybridized carbons (Fsp3) is 0.308. The minimum atomic E-state index is -4.58. The second kappa shape index (κ2) is 6.07. The molecule has 114 valence electrons. The van der Waals surface area contributed by atoms with Gasteiger partial charge in [-0.2, -0.15) is 13.2 Å². The van der Waals surface area contributed by atoms with Gasteiger partial charge in [0.2, 0.25) is 0 Å². The molecule has 2 aromatic rings. The molecule has 1 N–H and O–H groups in total. The van der Waals surface area contributed by atoms with Crippen molar-refractivity contribution in [1.82, 2.24) is 10.3 Å². The van der Waals surface area contributed by atoms with E-state index in [1.165, 1.54) is 6.07 Å². The molecule has 2 nitrogen and oxygen atoms in total. The summed E-state index contributed by atoms with van der Waals surface area (Å²) >= 11 is 0.368. The quantitative estimate of drug-likeness (QED) is 0.856. The van der Waals surface area contributed by atoms with Crippen molar-refractivity contribution in [3.63, 3.8) is 0 Å². The molecular weight excluding hydrogens is 311 g/mol. The van der Waals surface area contributed by atoms with Crippen LogP contribution in [0.4, 0.5) is 22.0 Å². The monoisotopic (exact) mass is 322 g/mol. The lowest BCUT2D eigenvalue weighted by Gasteiger charge is -2.17. The Bertz CT molecular complexity index is 603. The molecule has 0 spiro atoms. The van der Waals surface area contributed by atoms with Crippen LogP contribution in [0.1, 0.15) is 28.4 Å². The normalized spacial score (nSPS) is 13.4. The summed E-state index contributed by atoms with van der Waals surface area (Å²) in [5, 5.41) is 1.74. The highest BCUT2D eigenvalue weighted by atomic mass is 32.1. The van der Waals surface area contributed by atoms with Gasteiger partial charge in [-0.3, -0.25) is 0 Å². The Morgan fingerprint density at radius 3 is 2.33 bits per heavy atom. The highest BCUT2D eigenvalue weighted by molar-refractivity contribution is 7.11. The second-order valence-electron chi connectivity index (χ2n) is 4.19. The fourth-order valence-corrected chi connectivity index (χ4v) is 2.76. The maximum atomic E-state index is 13.8. The van der Waals surface area contributed by atoms with Crippen molar-refractivity contribution in [2.75, 3.05) is 6.54 Å². The van der Waals surface area contributed by atoms with E-state index in [0.717, 1.165) is 18.3 Å². The van der Waals surface area contributed by atoms with Gasteiger partial charge in [0.15, 0.2) is 5.01 Å². The maximum absolute atomic E-state index is 13.8. The molecule has 1 aromatic heterocycles. The number of hydrogen-bond donors (Lipinski definition) is 1. The van der Waals surface area contributed by atoms with Gasteiger partial charge in [0.1, 0.15) is 11.6 Å². The lowest BCUT2D eigenvalue weighted by Crippen LogP contribution is -2.23. The Morgan fingerprint density at radius 1 is 1.24 bits per heavy atom. The molecule has 1 unspecified atom stereocenters. The third-order valence-corrected chi connectivity index (χ3v) is 3.85. The van der Waals surface area contributed by atoms with Crippen molar-refractivity contribution in [2.24, 2.45) is 0 Å². The van der Waals surface area contributed by atoms with Crippen molar-refractivity contribution >= 4 is 11.3 Å². The van der Waals surface area contributed by atoms with Gasteiger partial charge in [0.25, 0.3) is 0 Å². The zero-order valence-electron chi connectivity index (χ0n) is 10.8. The van der Waals surface area contributed by atoms with E-state index in [4.69, 9.17) is 0 Å². The maximum Gasteiger partial charge on any atom is 0.443 e. The van der Waals surface area contributed by atoms with Gasteiger partial charge < -0.3 is 5.32 Å². The van der Waals surface area contributed by atoms with E-state index in [1.807, 2.05) is 0 Å². The summed E-state index contributed by atoms with van der Waals surface area (Å²) < 4.78 is 65.4. The molecule has 0 aliphatic carbocycles. The summed E-state index contributed by atoms with van der Waals surface area (Å²) in [6, 6.07) is 2.32. The topological polar surface area (TPSA) is 24.9 Å². The van der Waals surface area contributed by atoms with E-state index in [2.05, 4.69) is 10.3 Å². The van der Waals surface area contributed by atoms with Crippen molar-refractivity contribution in [3.05, 3.63) is 51.5 Å². The molecule has 0 saturated carbocycles. The lowest BCUT2D eigenvalue weighted by atomic mass is 10.0. The largest absolute Gasteiger partial charge is 0.443 e. The smallest absolute Gasteiger partial charge is 0.306 e. The Balaban J connectivity index is 2.47. The summed E-state index contributed by atoms with van der Waals surface area (Å²) in [7, 11) is 0. The number of aromatic nitrogens is 1. The number of halogens is 5. The van der Waals surface area contributed by atoms with Crippen LogP contribution in [-0.2, 0) is 6.18 Å². The van der Waals surface area contributed by atoms with Gasteiger partial charge in [-0.25, -0.2) is 13.8 Å². The molecule has 1 heterocycles. The molecule has 0 bridgehead atoms. The molecule has 0 saturated heterocycles. The Labute approximate surface area is 121 Å². The van der Waals surface area contributed by atoms with Crippen LogP contribution in [-0.4, -0.2) is 11.5 Å². The predicted octanol–water partition coefficient (Wildman–Crippen LogP) is 4.14. The van der Waals surface area contributed by atoms with Gasteiger partial charge in [0, 0.05) is 16.6 Å². The van der Waals surface area contributed by atoms with Gasteiger partial charge in [-0.1, -0.05) is 13.0 Å². The van der Waals surface area contributed by atoms with E-state index in [-0.39, 0.29) is 10.4 Å². The minimum absolute atomic E-state index is 0.105. The third-order valence-electron chi connectivity index (χ3n) is 2.75. The summed E-state index contributed by atoms with van der Waals surface area (Å²) in [6.45, 7) is 2.02. The van der Waals surface area contributed by atoms with Crippen LogP contribution in [0.2, 0.25) is 0 Å². The number of nitrogens with zero attached hydrogens (tertiary/aromatic N) is 1. The molecule has 1 atom stereocenters. The molecule has 0 fully saturated rings. The highest BCUT2D eigenvalue weighted by Crippen LogP contribution is 2.37. The van der Waals surface area contributed by atoms with Crippen LogP contribution >= 0.6 is 11.3 Å². The second-order valence-corrected chi connectivity index (χ2v) is 5.25. The van der Waals surface area contributed by atoms with Crippen molar-refractivity contribution in [3.8, 4) is 0 Å². The van der Waals surface area contributed by atoms with Crippen LogP contribution < -0.4 is 5.32 Å². The van der Waals surface area contributed by atoms with Crippen LogP contribution in [0, 0.1) is 11.6 Å². The zero-order valence-corrected chi connectivity index (χ0v) is 11.7. The first kappa shape index (κ1) is 15.8. The molecule has 0 aliphatic rings. The van der Waals surface area contributed by atoms with Crippen molar-refractivity contribution < 1.29 is 22.0 Å². The lowest BCUT2D eigenvalue weighted by molar-refractivity contribution is -0.137. The number of nitrogens with one attached hydrogen (secondary N) is 1. The average Bonchev–Trinajstić information content (AvgIpc) is 2.86. The highest BCUT2D eigenvalue weighted by Gasteiger charge is 2.36. The van der Waals surface area contributed by atoms with Crippen molar-refractivity contribution in [1.29, 1.82) is 0 Å². The zero-order chi connectivity index (χ0) is 15.6. The van der Waals surface area contributed by atoms with Crippen LogP contribution in [0.25, 0.3) is 0 Å². The van der Waals surface area contributed by atoms with E-state index in [0.29, 0.717) is 17.9 Å². The third kappa shape index (κ3) is 3.38. The van der Waals surface area contributed by atoms with Gasteiger partial charge in [0.05, 0.1) is 6.04 Å². The van der Waals surface area contributed by atoms with Gasteiger partial charge >= 0.3 is 6.18 Å². The molecule has 2 rings (SSSR count). The molecule has 0 amide bonds. The molecule has 21 heavy (non-hydrogen) atoms. The number of benzene rings is 1. The molecule has 8 heteroatoms. The first-order chi connectivity index (χ1) is 9.84. The Kier molecular flexibility index (Phi) is 4.58. The van der Waals surface area contributed by atoms with Crippen molar-refractivity contribution in [2.45, 2.75) is 19.1 Å². The minimum Gasteiger partial charge on any atom is -0.306 e. The van der Waals surface area contributed by atoms with E-state index in [1.54, 1.807) is 6.92 Å². The standard InChI is InChI=1S/C13H11F5N2S/c1-2-19-11(10-7(14)4-3-5-8(10)15)9-6-20-12(21-9)13(16,17)18/h3-6,11,19H,2H2,1H3. The Hall–Kier alpha value is -1.54. The van der Waals surface area contributed by atoms with Gasteiger partial charge in [-0.05, 0) is 18.7 Å².